The van der Waals surface area contributed by atoms with Crippen molar-refractivity contribution in [2.45, 2.75) is 39.0 Å². The predicted octanol–water partition coefficient (Wildman–Crippen LogP) is 1.77. The van der Waals surface area contributed by atoms with E-state index in [4.69, 9.17) is 9.47 Å². The van der Waals surface area contributed by atoms with E-state index in [-0.39, 0.29) is 12.5 Å². The molecule has 0 bridgehead atoms. The Hall–Kier alpha value is -2.12. The van der Waals surface area contributed by atoms with Crippen molar-refractivity contribution in [1.29, 1.82) is 0 Å². The number of likely N-dealkylation sites (N-methyl/N-ethyl adjacent to an activating group) is 1. The Balaban J connectivity index is 2.58. The first-order chi connectivity index (χ1) is 12.2. The maximum Gasteiger partial charge on any atom is 0.408 e. The van der Waals surface area contributed by atoms with Crippen LogP contribution in [0.25, 0.3) is 0 Å². The fourth-order valence-electron chi connectivity index (χ4n) is 2.03. The Bertz CT molecular complexity index is 556. The van der Waals surface area contributed by atoms with E-state index in [1.807, 2.05) is 49.3 Å². The average molecular weight is 365 g/mol. The van der Waals surface area contributed by atoms with Crippen LogP contribution in [-0.2, 0) is 20.9 Å². The van der Waals surface area contributed by atoms with Crippen LogP contribution in [0.4, 0.5) is 4.79 Å². The molecule has 1 aromatic carbocycles. The maximum absolute atomic E-state index is 12.4. The summed E-state index contributed by atoms with van der Waals surface area (Å²) in [6.45, 7) is 6.91. The number of carbonyl (C=O) groups is 2. The molecule has 0 heterocycles. The SMILES string of the molecule is CN(C)CCNC(=O)[C@@H](COCc1ccccc1)NC(=O)OC(C)(C)C. The molecule has 2 N–H and O–H groups in total. The number of hydrogen-bond acceptors (Lipinski definition) is 5. The maximum atomic E-state index is 12.4. The standard InChI is InChI=1S/C19H31N3O4/c1-19(2,3)26-18(24)21-16(17(23)20-11-12-22(4)5)14-25-13-15-9-7-6-8-10-15/h6-10,16H,11-14H2,1-5H3,(H,20,23)(H,21,24)/t16-/m1/s1. The largest absolute Gasteiger partial charge is 0.444 e. The molecule has 26 heavy (non-hydrogen) atoms. The van der Waals surface area contributed by atoms with Crippen LogP contribution in [0.1, 0.15) is 26.3 Å². The van der Waals surface area contributed by atoms with Crippen LogP contribution >= 0.6 is 0 Å². The number of ether oxygens (including phenoxy) is 2. The van der Waals surface area contributed by atoms with Gasteiger partial charge < -0.3 is 25.0 Å². The summed E-state index contributed by atoms with van der Waals surface area (Å²) >= 11 is 0. The topological polar surface area (TPSA) is 79.9 Å². The van der Waals surface area contributed by atoms with Crippen molar-refractivity contribution in [2.75, 3.05) is 33.8 Å². The summed E-state index contributed by atoms with van der Waals surface area (Å²) in [5, 5.41) is 5.39. The van der Waals surface area contributed by atoms with Crippen LogP contribution in [0.15, 0.2) is 30.3 Å². The van der Waals surface area contributed by atoms with Gasteiger partial charge in [-0.05, 0) is 40.4 Å². The van der Waals surface area contributed by atoms with Gasteiger partial charge in [0.25, 0.3) is 0 Å². The molecule has 0 aliphatic carbocycles. The molecule has 1 rings (SSSR count). The van der Waals surface area contributed by atoms with Crippen LogP contribution in [0.2, 0.25) is 0 Å². The number of alkyl carbamates (subject to hydrolysis) is 1. The van der Waals surface area contributed by atoms with Gasteiger partial charge in [-0.15, -0.1) is 0 Å². The zero-order valence-corrected chi connectivity index (χ0v) is 16.4. The molecule has 1 atom stereocenters. The summed E-state index contributed by atoms with van der Waals surface area (Å²) in [6.07, 6.45) is -0.645. The van der Waals surface area contributed by atoms with Crippen LogP contribution < -0.4 is 10.6 Å². The lowest BCUT2D eigenvalue weighted by Crippen LogP contribution is -2.51. The molecule has 0 aliphatic heterocycles. The van der Waals surface area contributed by atoms with Crippen molar-refractivity contribution in [3.05, 3.63) is 35.9 Å². The summed E-state index contributed by atoms with van der Waals surface area (Å²) in [4.78, 5) is 26.4. The van der Waals surface area contributed by atoms with Gasteiger partial charge in [0.1, 0.15) is 11.6 Å². The fraction of sp³-hybridized carbons (Fsp3) is 0.579. The highest BCUT2D eigenvalue weighted by Crippen LogP contribution is 2.07. The van der Waals surface area contributed by atoms with E-state index in [0.717, 1.165) is 5.56 Å². The second-order valence-corrected chi connectivity index (χ2v) is 7.29. The van der Waals surface area contributed by atoms with Crippen molar-refractivity contribution < 1.29 is 19.1 Å². The van der Waals surface area contributed by atoms with Crippen molar-refractivity contribution in [1.82, 2.24) is 15.5 Å². The van der Waals surface area contributed by atoms with Crippen molar-refractivity contribution in [3.63, 3.8) is 0 Å². The normalized spacial score (nSPS) is 12.5. The third-order valence-corrected chi connectivity index (χ3v) is 3.26. The quantitative estimate of drug-likeness (QED) is 0.697. The van der Waals surface area contributed by atoms with E-state index >= 15 is 0 Å². The molecular weight excluding hydrogens is 334 g/mol. The van der Waals surface area contributed by atoms with E-state index < -0.39 is 17.7 Å². The zero-order chi connectivity index (χ0) is 19.6. The van der Waals surface area contributed by atoms with Crippen LogP contribution in [0.3, 0.4) is 0 Å². The zero-order valence-electron chi connectivity index (χ0n) is 16.4. The Morgan fingerprint density at radius 2 is 1.81 bits per heavy atom. The molecule has 146 valence electrons. The van der Waals surface area contributed by atoms with E-state index in [1.54, 1.807) is 20.8 Å². The molecule has 0 unspecified atom stereocenters. The van der Waals surface area contributed by atoms with Gasteiger partial charge in [0.2, 0.25) is 5.91 Å². The van der Waals surface area contributed by atoms with Gasteiger partial charge in [0.05, 0.1) is 13.2 Å². The first kappa shape index (κ1) is 21.9. The van der Waals surface area contributed by atoms with Crippen LogP contribution in [-0.4, -0.2) is 62.3 Å². The lowest BCUT2D eigenvalue weighted by Gasteiger charge is -2.23. The number of nitrogens with one attached hydrogen (secondary N) is 2. The monoisotopic (exact) mass is 365 g/mol. The van der Waals surface area contributed by atoms with Crippen LogP contribution in [0, 0.1) is 0 Å². The third-order valence-electron chi connectivity index (χ3n) is 3.26. The molecule has 0 fully saturated rings. The second-order valence-electron chi connectivity index (χ2n) is 7.29. The average Bonchev–Trinajstić information content (AvgIpc) is 2.52. The predicted molar refractivity (Wildman–Crippen MR) is 101 cm³/mol. The van der Waals surface area contributed by atoms with Gasteiger partial charge >= 0.3 is 6.09 Å². The van der Waals surface area contributed by atoms with Crippen LogP contribution in [0.5, 0.6) is 0 Å². The Morgan fingerprint density at radius 1 is 1.15 bits per heavy atom. The Kier molecular flexibility index (Phi) is 9.09. The fourth-order valence-corrected chi connectivity index (χ4v) is 2.03. The molecular formula is C19H31N3O4. The minimum absolute atomic E-state index is 0.0575. The lowest BCUT2D eigenvalue weighted by atomic mass is 10.2. The van der Waals surface area contributed by atoms with Gasteiger partial charge in [0, 0.05) is 13.1 Å². The van der Waals surface area contributed by atoms with Gasteiger partial charge in [-0.3, -0.25) is 4.79 Å². The summed E-state index contributed by atoms with van der Waals surface area (Å²) < 4.78 is 10.9. The molecule has 0 aromatic heterocycles. The molecule has 1 aromatic rings. The molecule has 0 spiro atoms. The smallest absolute Gasteiger partial charge is 0.408 e. The van der Waals surface area contributed by atoms with Gasteiger partial charge in [-0.1, -0.05) is 30.3 Å². The second kappa shape index (κ2) is 10.8. The number of benzene rings is 1. The molecule has 0 aliphatic rings. The number of hydrogen-bond donors (Lipinski definition) is 2. The van der Waals surface area contributed by atoms with Gasteiger partial charge in [-0.25, -0.2) is 4.79 Å². The lowest BCUT2D eigenvalue weighted by molar-refractivity contribution is -0.124. The summed E-state index contributed by atoms with van der Waals surface area (Å²) in [5.74, 6) is -0.300. The highest BCUT2D eigenvalue weighted by atomic mass is 16.6. The molecule has 0 saturated heterocycles. The molecule has 0 saturated carbocycles. The number of carbonyl (C=O) groups excluding carboxylic acids is 2. The van der Waals surface area contributed by atoms with Crippen molar-refractivity contribution in [3.8, 4) is 0 Å². The minimum atomic E-state index is -0.823. The Labute approximate surface area is 156 Å². The van der Waals surface area contributed by atoms with E-state index in [9.17, 15) is 9.59 Å². The van der Waals surface area contributed by atoms with Gasteiger partial charge in [-0.2, -0.15) is 0 Å². The summed E-state index contributed by atoms with van der Waals surface area (Å²) in [5.41, 5.74) is 0.359. The minimum Gasteiger partial charge on any atom is -0.444 e. The highest BCUT2D eigenvalue weighted by Gasteiger charge is 2.24. The van der Waals surface area contributed by atoms with E-state index in [1.165, 1.54) is 0 Å². The molecule has 2 amide bonds. The van der Waals surface area contributed by atoms with E-state index in [0.29, 0.717) is 19.7 Å². The third kappa shape index (κ3) is 10.0. The molecule has 7 heteroatoms. The number of amides is 2. The Morgan fingerprint density at radius 3 is 2.38 bits per heavy atom. The molecule has 7 nitrogen and oxygen atoms in total. The molecule has 0 radical (unpaired) electrons. The van der Waals surface area contributed by atoms with E-state index in [2.05, 4.69) is 10.6 Å². The first-order valence-electron chi connectivity index (χ1n) is 8.71. The van der Waals surface area contributed by atoms with Crippen molar-refractivity contribution in [2.24, 2.45) is 0 Å². The van der Waals surface area contributed by atoms with Crippen molar-refractivity contribution >= 4 is 12.0 Å². The number of rotatable bonds is 9. The first-order valence-corrected chi connectivity index (χ1v) is 8.71. The number of nitrogens with zero attached hydrogens (tertiary/aromatic N) is 1. The van der Waals surface area contributed by atoms with Gasteiger partial charge in [0.15, 0.2) is 0 Å². The summed E-state index contributed by atoms with van der Waals surface area (Å²) in [6, 6.07) is 8.82. The summed E-state index contributed by atoms with van der Waals surface area (Å²) in [7, 11) is 3.84. The highest BCUT2D eigenvalue weighted by molar-refractivity contribution is 5.85.